The van der Waals surface area contributed by atoms with Crippen LogP contribution in [0.4, 0.5) is 4.79 Å². The molecule has 3 rings (SSSR count). The van der Waals surface area contributed by atoms with Gasteiger partial charge in [-0.1, -0.05) is 30.3 Å². The molecule has 1 aromatic rings. The molecule has 2 aliphatic rings. The van der Waals surface area contributed by atoms with E-state index in [1.165, 1.54) is 5.56 Å². The van der Waals surface area contributed by atoms with Crippen LogP contribution in [0.25, 0.3) is 0 Å². The highest BCUT2D eigenvalue weighted by atomic mass is 16.7. The van der Waals surface area contributed by atoms with Crippen molar-refractivity contribution in [3.05, 3.63) is 35.9 Å². The third kappa shape index (κ3) is 4.01. The Morgan fingerprint density at radius 3 is 2.41 bits per heavy atom. The lowest BCUT2D eigenvalue weighted by Crippen LogP contribution is -2.30. The summed E-state index contributed by atoms with van der Waals surface area (Å²) in [5, 5.41) is 0. The Kier molecular flexibility index (Phi) is 5.33. The standard InChI is InChI=1S/C18H25NO3/c20-18(19-12-4-5-13-19)22-14-21-17-10-8-16(9-11-17)15-6-2-1-3-7-15/h1-3,6-7,16-17H,4-5,8-14H2. The van der Waals surface area contributed by atoms with Crippen molar-refractivity contribution in [2.45, 2.75) is 50.5 Å². The van der Waals surface area contributed by atoms with Gasteiger partial charge in [-0.05, 0) is 50.0 Å². The van der Waals surface area contributed by atoms with E-state index in [0.717, 1.165) is 51.6 Å². The topological polar surface area (TPSA) is 38.8 Å². The summed E-state index contributed by atoms with van der Waals surface area (Å²) in [6.45, 7) is 1.73. The maximum Gasteiger partial charge on any atom is 0.411 e. The van der Waals surface area contributed by atoms with Crippen LogP contribution < -0.4 is 0 Å². The van der Waals surface area contributed by atoms with Gasteiger partial charge in [0.25, 0.3) is 0 Å². The van der Waals surface area contributed by atoms with Gasteiger partial charge in [0.2, 0.25) is 0 Å². The molecule has 0 N–H and O–H groups in total. The van der Waals surface area contributed by atoms with E-state index in [1.807, 2.05) is 0 Å². The second-order valence-corrected chi connectivity index (χ2v) is 6.27. The minimum atomic E-state index is -0.226. The molecule has 0 bridgehead atoms. The van der Waals surface area contributed by atoms with Crippen molar-refractivity contribution in [1.29, 1.82) is 0 Å². The van der Waals surface area contributed by atoms with E-state index in [-0.39, 0.29) is 19.0 Å². The largest absolute Gasteiger partial charge is 0.422 e. The van der Waals surface area contributed by atoms with Crippen molar-refractivity contribution in [3.63, 3.8) is 0 Å². The molecule has 120 valence electrons. The highest BCUT2D eigenvalue weighted by Gasteiger charge is 2.24. The summed E-state index contributed by atoms with van der Waals surface area (Å²) in [7, 11) is 0. The second-order valence-electron chi connectivity index (χ2n) is 6.27. The number of likely N-dealkylation sites (tertiary alicyclic amines) is 1. The summed E-state index contributed by atoms with van der Waals surface area (Å²) in [4.78, 5) is 13.5. The summed E-state index contributed by atoms with van der Waals surface area (Å²) in [5.74, 6) is 0.646. The van der Waals surface area contributed by atoms with Crippen LogP contribution in [-0.2, 0) is 9.47 Å². The molecule has 2 fully saturated rings. The summed E-state index contributed by atoms with van der Waals surface area (Å²) in [6, 6.07) is 10.7. The number of hydrogen-bond acceptors (Lipinski definition) is 3. The highest BCUT2D eigenvalue weighted by molar-refractivity contribution is 5.67. The molecule has 1 saturated heterocycles. The van der Waals surface area contributed by atoms with Gasteiger partial charge >= 0.3 is 6.09 Å². The molecule has 1 amide bonds. The molecule has 4 nitrogen and oxygen atoms in total. The van der Waals surface area contributed by atoms with Gasteiger partial charge in [0.1, 0.15) is 0 Å². The fourth-order valence-electron chi connectivity index (χ4n) is 3.46. The van der Waals surface area contributed by atoms with E-state index in [2.05, 4.69) is 30.3 Å². The third-order valence-corrected chi connectivity index (χ3v) is 4.80. The fourth-order valence-corrected chi connectivity index (χ4v) is 3.46. The van der Waals surface area contributed by atoms with Gasteiger partial charge in [-0.15, -0.1) is 0 Å². The minimum Gasteiger partial charge on any atom is -0.422 e. The second kappa shape index (κ2) is 7.63. The smallest absolute Gasteiger partial charge is 0.411 e. The Balaban J connectivity index is 1.35. The minimum absolute atomic E-state index is 0.0933. The maximum atomic E-state index is 11.7. The van der Waals surface area contributed by atoms with E-state index in [0.29, 0.717) is 5.92 Å². The van der Waals surface area contributed by atoms with E-state index >= 15 is 0 Å². The molecule has 4 heteroatoms. The Labute approximate surface area is 132 Å². The average Bonchev–Trinajstić information content (AvgIpc) is 3.11. The van der Waals surface area contributed by atoms with Gasteiger partial charge in [-0.25, -0.2) is 4.79 Å². The summed E-state index contributed by atoms with van der Waals surface area (Å²) in [6.07, 6.45) is 6.55. The van der Waals surface area contributed by atoms with Crippen LogP contribution in [-0.4, -0.2) is 37.0 Å². The van der Waals surface area contributed by atoms with Gasteiger partial charge in [0, 0.05) is 13.1 Å². The van der Waals surface area contributed by atoms with Crippen LogP contribution in [0, 0.1) is 0 Å². The van der Waals surface area contributed by atoms with Crippen molar-refractivity contribution < 1.29 is 14.3 Å². The van der Waals surface area contributed by atoms with Gasteiger partial charge in [-0.3, -0.25) is 0 Å². The number of amides is 1. The summed E-state index contributed by atoms with van der Waals surface area (Å²) >= 11 is 0. The molecule has 0 atom stereocenters. The third-order valence-electron chi connectivity index (χ3n) is 4.80. The van der Waals surface area contributed by atoms with Crippen molar-refractivity contribution in [2.75, 3.05) is 19.9 Å². The Hall–Kier alpha value is -1.55. The average molecular weight is 303 g/mol. The van der Waals surface area contributed by atoms with Crippen LogP contribution in [0.2, 0.25) is 0 Å². The summed E-state index contributed by atoms with van der Waals surface area (Å²) < 4.78 is 10.9. The van der Waals surface area contributed by atoms with Crippen molar-refractivity contribution in [2.24, 2.45) is 0 Å². The van der Waals surface area contributed by atoms with Gasteiger partial charge in [0.05, 0.1) is 6.10 Å². The maximum absolute atomic E-state index is 11.7. The lowest BCUT2D eigenvalue weighted by atomic mass is 9.83. The highest BCUT2D eigenvalue weighted by Crippen LogP contribution is 2.33. The molecule has 0 spiro atoms. The van der Waals surface area contributed by atoms with Crippen molar-refractivity contribution in [3.8, 4) is 0 Å². The predicted octanol–water partition coefficient (Wildman–Crippen LogP) is 3.92. The normalized spacial score (nSPS) is 25.2. The van der Waals surface area contributed by atoms with E-state index in [1.54, 1.807) is 4.90 Å². The Bertz CT molecular complexity index is 462. The van der Waals surface area contributed by atoms with E-state index < -0.39 is 0 Å². The zero-order valence-corrected chi connectivity index (χ0v) is 13.1. The van der Waals surface area contributed by atoms with E-state index in [9.17, 15) is 4.79 Å². The first-order chi connectivity index (χ1) is 10.8. The lowest BCUT2D eigenvalue weighted by Gasteiger charge is -2.28. The number of benzene rings is 1. The molecule has 0 radical (unpaired) electrons. The zero-order chi connectivity index (χ0) is 15.2. The number of carbonyl (C=O) groups is 1. The van der Waals surface area contributed by atoms with E-state index in [4.69, 9.17) is 9.47 Å². The van der Waals surface area contributed by atoms with Crippen LogP contribution in [0.5, 0.6) is 0 Å². The predicted molar refractivity (Wildman–Crippen MR) is 84.7 cm³/mol. The van der Waals surface area contributed by atoms with Crippen LogP contribution in [0.3, 0.4) is 0 Å². The zero-order valence-electron chi connectivity index (χ0n) is 13.1. The van der Waals surface area contributed by atoms with Crippen LogP contribution in [0.15, 0.2) is 30.3 Å². The number of ether oxygens (including phenoxy) is 2. The van der Waals surface area contributed by atoms with Gasteiger partial charge in [0.15, 0.2) is 6.79 Å². The molecular formula is C18H25NO3. The molecule has 1 heterocycles. The number of nitrogens with zero attached hydrogens (tertiary/aromatic N) is 1. The molecular weight excluding hydrogens is 278 g/mol. The van der Waals surface area contributed by atoms with Gasteiger partial charge < -0.3 is 14.4 Å². The molecule has 1 aliphatic carbocycles. The van der Waals surface area contributed by atoms with Crippen molar-refractivity contribution in [1.82, 2.24) is 4.90 Å². The SMILES string of the molecule is O=C(OCOC1CCC(c2ccccc2)CC1)N1CCCC1. The monoisotopic (exact) mass is 303 g/mol. The van der Waals surface area contributed by atoms with Crippen LogP contribution in [0.1, 0.15) is 50.0 Å². The molecule has 1 aliphatic heterocycles. The Morgan fingerprint density at radius 2 is 1.73 bits per heavy atom. The first kappa shape index (κ1) is 15.3. The molecule has 22 heavy (non-hydrogen) atoms. The Morgan fingerprint density at radius 1 is 1.05 bits per heavy atom. The quantitative estimate of drug-likeness (QED) is 0.791. The molecule has 0 aromatic heterocycles. The molecule has 1 saturated carbocycles. The fraction of sp³-hybridized carbons (Fsp3) is 0.611. The van der Waals surface area contributed by atoms with Crippen LogP contribution >= 0.6 is 0 Å². The molecule has 0 unspecified atom stereocenters. The van der Waals surface area contributed by atoms with Crippen molar-refractivity contribution >= 4 is 6.09 Å². The number of carbonyl (C=O) groups excluding carboxylic acids is 1. The lowest BCUT2D eigenvalue weighted by molar-refractivity contribution is -0.0756. The molecule has 1 aromatic carbocycles. The number of rotatable bonds is 4. The van der Waals surface area contributed by atoms with Gasteiger partial charge in [-0.2, -0.15) is 0 Å². The first-order valence-corrected chi connectivity index (χ1v) is 8.41. The summed E-state index contributed by atoms with van der Waals surface area (Å²) in [5.41, 5.74) is 1.43. The number of hydrogen-bond donors (Lipinski definition) is 0. The first-order valence-electron chi connectivity index (χ1n) is 8.41.